The van der Waals surface area contributed by atoms with E-state index in [4.69, 9.17) is 4.74 Å². The number of anilines is 2. The van der Waals surface area contributed by atoms with E-state index in [1.165, 1.54) is 4.90 Å². The van der Waals surface area contributed by atoms with Crippen molar-refractivity contribution >= 4 is 23.3 Å². The topological polar surface area (TPSA) is 66.0 Å². The quantitative estimate of drug-likeness (QED) is 0.765. The molecular weight excluding hydrogens is 344 g/mol. The molecule has 2 aliphatic heterocycles. The Balaban J connectivity index is 1.43. The first-order valence-corrected chi connectivity index (χ1v) is 9.08. The number of hydrogen-bond acceptors (Lipinski definition) is 6. The van der Waals surface area contributed by atoms with Crippen LogP contribution in [0.1, 0.15) is 6.42 Å². The van der Waals surface area contributed by atoms with E-state index in [2.05, 4.69) is 14.8 Å². The summed E-state index contributed by atoms with van der Waals surface area (Å²) in [7, 11) is 1.59. The van der Waals surface area contributed by atoms with Crippen molar-refractivity contribution in [2.24, 2.45) is 0 Å². The molecule has 2 amide bonds. The molecule has 2 fully saturated rings. The summed E-state index contributed by atoms with van der Waals surface area (Å²) >= 11 is 0. The second-order valence-electron chi connectivity index (χ2n) is 6.70. The number of imide groups is 1. The molecule has 2 saturated heterocycles. The smallest absolute Gasteiger partial charge is 0.251 e. The lowest BCUT2D eigenvalue weighted by Gasteiger charge is -2.37. The van der Waals surface area contributed by atoms with Crippen LogP contribution < -0.4 is 14.5 Å². The molecule has 7 heteroatoms. The highest BCUT2D eigenvalue weighted by atomic mass is 16.5. The third kappa shape index (κ3) is 3.38. The van der Waals surface area contributed by atoms with Gasteiger partial charge in [0.05, 0.1) is 25.3 Å². The van der Waals surface area contributed by atoms with E-state index in [9.17, 15) is 9.59 Å². The van der Waals surface area contributed by atoms with E-state index in [1.54, 1.807) is 37.6 Å². The summed E-state index contributed by atoms with van der Waals surface area (Å²) in [6.45, 7) is 3.04. The Morgan fingerprint density at radius 2 is 1.74 bits per heavy atom. The van der Waals surface area contributed by atoms with Crippen LogP contribution in [-0.4, -0.2) is 61.0 Å². The second-order valence-corrected chi connectivity index (χ2v) is 6.70. The molecule has 0 N–H and O–H groups in total. The van der Waals surface area contributed by atoms with Gasteiger partial charge in [-0.25, -0.2) is 9.88 Å². The number of aromatic nitrogens is 1. The first kappa shape index (κ1) is 17.5. The SMILES string of the molecule is COc1ccc(N2C(=O)C[C@@H](N3CCN(c4ccccn4)CC3)C2=O)cc1. The molecule has 0 radical (unpaired) electrons. The van der Waals surface area contributed by atoms with Crippen LogP contribution in [0.15, 0.2) is 48.7 Å². The molecule has 1 atom stereocenters. The predicted molar refractivity (Wildman–Crippen MR) is 102 cm³/mol. The van der Waals surface area contributed by atoms with Crippen LogP contribution in [0.5, 0.6) is 5.75 Å². The van der Waals surface area contributed by atoms with Gasteiger partial charge in [0.1, 0.15) is 11.6 Å². The maximum absolute atomic E-state index is 12.9. The molecular formula is C20H22N4O3. The molecule has 2 aromatic rings. The highest BCUT2D eigenvalue weighted by Crippen LogP contribution is 2.28. The number of hydrogen-bond donors (Lipinski definition) is 0. The van der Waals surface area contributed by atoms with Crippen LogP contribution in [0, 0.1) is 0 Å². The van der Waals surface area contributed by atoms with Gasteiger partial charge in [-0.15, -0.1) is 0 Å². The van der Waals surface area contributed by atoms with Crippen molar-refractivity contribution in [3.8, 4) is 5.75 Å². The average molecular weight is 366 g/mol. The zero-order valence-corrected chi connectivity index (χ0v) is 15.2. The summed E-state index contributed by atoms with van der Waals surface area (Å²) in [6, 6.07) is 12.5. The number of pyridine rings is 1. The molecule has 4 rings (SSSR count). The largest absolute Gasteiger partial charge is 0.497 e. The maximum atomic E-state index is 12.9. The van der Waals surface area contributed by atoms with E-state index in [0.717, 1.165) is 32.0 Å². The van der Waals surface area contributed by atoms with Crippen LogP contribution in [-0.2, 0) is 9.59 Å². The number of nitrogens with zero attached hydrogens (tertiary/aromatic N) is 4. The third-order valence-electron chi connectivity index (χ3n) is 5.18. The van der Waals surface area contributed by atoms with Gasteiger partial charge in [-0.1, -0.05) is 6.07 Å². The number of methoxy groups -OCH3 is 1. The van der Waals surface area contributed by atoms with E-state index in [-0.39, 0.29) is 24.3 Å². The van der Waals surface area contributed by atoms with Gasteiger partial charge in [-0.05, 0) is 36.4 Å². The number of carbonyl (C=O) groups is 2. The van der Waals surface area contributed by atoms with Gasteiger partial charge in [0.15, 0.2) is 0 Å². The molecule has 7 nitrogen and oxygen atoms in total. The van der Waals surface area contributed by atoms with Crippen molar-refractivity contribution in [2.45, 2.75) is 12.5 Å². The van der Waals surface area contributed by atoms with Gasteiger partial charge in [-0.2, -0.15) is 0 Å². The molecule has 27 heavy (non-hydrogen) atoms. The van der Waals surface area contributed by atoms with Crippen LogP contribution in [0.2, 0.25) is 0 Å². The van der Waals surface area contributed by atoms with Gasteiger partial charge >= 0.3 is 0 Å². The van der Waals surface area contributed by atoms with Gasteiger partial charge in [0.25, 0.3) is 5.91 Å². The summed E-state index contributed by atoms with van der Waals surface area (Å²) in [6.07, 6.45) is 2.02. The lowest BCUT2D eigenvalue weighted by molar-refractivity contribution is -0.123. The number of benzene rings is 1. The standard InChI is InChI=1S/C20H22N4O3/c1-27-16-7-5-15(6-8-16)24-19(25)14-17(20(24)26)22-10-12-23(13-11-22)18-4-2-3-9-21-18/h2-9,17H,10-14H2,1H3/t17-/m1/s1. The summed E-state index contributed by atoms with van der Waals surface area (Å²) < 4.78 is 5.14. The zero-order valence-electron chi connectivity index (χ0n) is 15.2. The number of piperazine rings is 1. The normalized spacial score (nSPS) is 21.0. The number of ether oxygens (including phenoxy) is 1. The lowest BCUT2D eigenvalue weighted by atomic mass is 10.1. The molecule has 0 saturated carbocycles. The van der Waals surface area contributed by atoms with E-state index < -0.39 is 0 Å². The molecule has 1 aromatic carbocycles. The molecule has 0 spiro atoms. The van der Waals surface area contributed by atoms with Gasteiger partial charge in [-0.3, -0.25) is 14.5 Å². The van der Waals surface area contributed by atoms with E-state index in [1.807, 2.05) is 18.2 Å². The first-order chi connectivity index (χ1) is 13.2. The Morgan fingerprint density at radius 3 is 2.37 bits per heavy atom. The molecule has 0 bridgehead atoms. The summed E-state index contributed by atoms with van der Waals surface area (Å²) in [5.74, 6) is 1.35. The molecule has 0 aliphatic carbocycles. The molecule has 1 aromatic heterocycles. The Hall–Kier alpha value is -2.93. The fourth-order valence-electron chi connectivity index (χ4n) is 3.71. The predicted octanol–water partition coefficient (Wildman–Crippen LogP) is 1.54. The summed E-state index contributed by atoms with van der Waals surface area (Å²) in [4.78, 5) is 35.4. The van der Waals surface area contributed by atoms with Crippen molar-refractivity contribution in [2.75, 3.05) is 43.1 Å². The van der Waals surface area contributed by atoms with Crippen molar-refractivity contribution in [1.29, 1.82) is 0 Å². The minimum absolute atomic E-state index is 0.142. The van der Waals surface area contributed by atoms with Crippen LogP contribution in [0.4, 0.5) is 11.5 Å². The summed E-state index contributed by atoms with van der Waals surface area (Å²) in [5.41, 5.74) is 0.598. The van der Waals surface area contributed by atoms with E-state index in [0.29, 0.717) is 11.4 Å². The van der Waals surface area contributed by atoms with Crippen molar-refractivity contribution < 1.29 is 14.3 Å². The highest BCUT2D eigenvalue weighted by Gasteiger charge is 2.43. The van der Waals surface area contributed by atoms with Crippen LogP contribution in [0.25, 0.3) is 0 Å². The van der Waals surface area contributed by atoms with Crippen LogP contribution in [0.3, 0.4) is 0 Å². The average Bonchev–Trinajstić information content (AvgIpc) is 3.03. The van der Waals surface area contributed by atoms with Crippen molar-refractivity contribution in [3.63, 3.8) is 0 Å². The Kier molecular flexibility index (Phi) is 4.77. The fraction of sp³-hybridized carbons (Fsp3) is 0.350. The Bertz CT molecular complexity index is 817. The second kappa shape index (κ2) is 7.36. The zero-order chi connectivity index (χ0) is 18.8. The minimum Gasteiger partial charge on any atom is -0.497 e. The number of rotatable bonds is 4. The monoisotopic (exact) mass is 366 g/mol. The minimum atomic E-state index is -0.384. The van der Waals surface area contributed by atoms with Crippen molar-refractivity contribution in [3.05, 3.63) is 48.7 Å². The summed E-state index contributed by atoms with van der Waals surface area (Å²) in [5, 5.41) is 0. The van der Waals surface area contributed by atoms with Crippen molar-refractivity contribution in [1.82, 2.24) is 9.88 Å². The highest BCUT2D eigenvalue weighted by molar-refractivity contribution is 6.22. The number of carbonyl (C=O) groups excluding carboxylic acids is 2. The van der Waals surface area contributed by atoms with Gasteiger partial charge in [0, 0.05) is 32.4 Å². The Morgan fingerprint density at radius 1 is 1.00 bits per heavy atom. The molecule has 3 heterocycles. The number of amides is 2. The van der Waals surface area contributed by atoms with E-state index >= 15 is 0 Å². The van der Waals surface area contributed by atoms with Crippen LogP contribution >= 0.6 is 0 Å². The first-order valence-electron chi connectivity index (χ1n) is 9.08. The molecule has 0 unspecified atom stereocenters. The maximum Gasteiger partial charge on any atom is 0.251 e. The third-order valence-corrected chi connectivity index (χ3v) is 5.18. The van der Waals surface area contributed by atoms with Gasteiger partial charge in [0.2, 0.25) is 5.91 Å². The fourth-order valence-corrected chi connectivity index (χ4v) is 3.71. The Labute approximate surface area is 158 Å². The van der Waals surface area contributed by atoms with Gasteiger partial charge < -0.3 is 9.64 Å². The lowest BCUT2D eigenvalue weighted by Crippen LogP contribution is -2.52. The molecule has 140 valence electrons. The molecule has 2 aliphatic rings.